The molecule has 2 aromatic heterocycles. The fourth-order valence-electron chi connectivity index (χ4n) is 3.63. The van der Waals surface area contributed by atoms with Crippen LogP contribution >= 0.6 is 0 Å². The van der Waals surface area contributed by atoms with E-state index in [-0.39, 0.29) is 60.8 Å². The van der Waals surface area contributed by atoms with Crippen LogP contribution in [0.25, 0.3) is 22.6 Å². The second kappa shape index (κ2) is 13.7. The average Bonchev–Trinajstić information content (AvgIpc) is 3.50. The van der Waals surface area contributed by atoms with Crippen molar-refractivity contribution in [2.45, 2.75) is 0 Å². The summed E-state index contributed by atoms with van der Waals surface area (Å²) in [4.78, 5) is 61.8. The van der Waals surface area contributed by atoms with Crippen LogP contribution in [0.3, 0.4) is 0 Å². The number of carboxylic acids is 4. The standard InChI is InChI=1S/C24H25N3O13/c28-13-15-8-25-24(39-15)19-6-14-5-18(16(7-17(14)40-19)27(11-22(33)34)12-23(35)36)38-4-3-37-2-1-26(9-20(29)30)10-21(31)32/h5-8,13H,1-4,9-12H2,(H,29,30)(H,31,32)(H,33,34)(H,35,36). The number of ether oxygens (including phenoxy) is 2. The molecular weight excluding hydrogens is 538 g/mol. The number of hydrogen-bond donors (Lipinski definition) is 4. The number of anilines is 1. The first-order valence-corrected chi connectivity index (χ1v) is 11.6. The first-order valence-electron chi connectivity index (χ1n) is 11.6. The molecule has 0 atom stereocenters. The van der Waals surface area contributed by atoms with Crippen LogP contribution in [-0.2, 0) is 23.9 Å². The van der Waals surface area contributed by atoms with Gasteiger partial charge >= 0.3 is 23.9 Å². The fourth-order valence-corrected chi connectivity index (χ4v) is 3.63. The van der Waals surface area contributed by atoms with Crippen LogP contribution in [0.2, 0.25) is 0 Å². The van der Waals surface area contributed by atoms with E-state index in [9.17, 15) is 34.2 Å². The third kappa shape index (κ3) is 8.53. The zero-order valence-corrected chi connectivity index (χ0v) is 20.8. The number of furan rings is 1. The molecule has 0 bridgehead atoms. The molecule has 2 heterocycles. The summed E-state index contributed by atoms with van der Waals surface area (Å²) in [7, 11) is 0. The number of benzene rings is 1. The Balaban J connectivity index is 1.77. The van der Waals surface area contributed by atoms with Gasteiger partial charge in [-0.3, -0.25) is 28.9 Å². The summed E-state index contributed by atoms with van der Waals surface area (Å²) in [6.07, 6.45) is 1.68. The quantitative estimate of drug-likeness (QED) is 0.123. The van der Waals surface area contributed by atoms with E-state index < -0.39 is 50.1 Å². The Hall–Kier alpha value is -4.96. The van der Waals surface area contributed by atoms with Gasteiger partial charge in [-0.05, 0) is 12.1 Å². The Morgan fingerprint density at radius 2 is 1.50 bits per heavy atom. The molecule has 4 N–H and O–H groups in total. The van der Waals surface area contributed by atoms with Crippen LogP contribution in [-0.4, -0.2) is 113 Å². The molecule has 0 saturated carbocycles. The molecular formula is C24H25N3O13. The molecule has 3 rings (SSSR count). The largest absolute Gasteiger partial charge is 0.489 e. The summed E-state index contributed by atoms with van der Waals surface area (Å²) < 4.78 is 22.2. The number of aldehydes is 1. The molecule has 1 aromatic carbocycles. The van der Waals surface area contributed by atoms with E-state index in [2.05, 4.69) is 4.98 Å². The third-order valence-electron chi connectivity index (χ3n) is 5.20. The Morgan fingerprint density at radius 3 is 2.08 bits per heavy atom. The molecule has 0 fully saturated rings. The molecule has 40 heavy (non-hydrogen) atoms. The van der Waals surface area contributed by atoms with Gasteiger partial charge in [0, 0.05) is 18.0 Å². The number of oxazole rings is 1. The van der Waals surface area contributed by atoms with Gasteiger partial charge in [-0.1, -0.05) is 0 Å². The monoisotopic (exact) mass is 563 g/mol. The number of fused-ring (bicyclic) bond motifs is 1. The van der Waals surface area contributed by atoms with Gasteiger partial charge in [-0.15, -0.1) is 0 Å². The van der Waals surface area contributed by atoms with E-state index in [1.165, 1.54) is 23.2 Å². The van der Waals surface area contributed by atoms with E-state index in [1.54, 1.807) is 6.07 Å². The minimum absolute atomic E-state index is 0.00395. The minimum Gasteiger partial charge on any atom is -0.489 e. The average molecular weight is 563 g/mol. The van der Waals surface area contributed by atoms with Gasteiger partial charge < -0.3 is 43.6 Å². The number of aromatic nitrogens is 1. The maximum atomic E-state index is 11.4. The van der Waals surface area contributed by atoms with Crippen molar-refractivity contribution in [3.05, 3.63) is 30.2 Å². The molecule has 0 aliphatic rings. The van der Waals surface area contributed by atoms with Gasteiger partial charge in [0.2, 0.25) is 0 Å². The first kappa shape index (κ1) is 29.6. The molecule has 0 unspecified atom stereocenters. The number of carbonyl (C=O) groups is 5. The van der Waals surface area contributed by atoms with E-state index in [0.717, 1.165) is 4.90 Å². The number of nitrogens with zero attached hydrogens (tertiary/aromatic N) is 3. The maximum Gasteiger partial charge on any atom is 0.323 e. The summed E-state index contributed by atoms with van der Waals surface area (Å²) in [5, 5.41) is 36.9. The van der Waals surface area contributed by atoms with Crippen molar-refractivity contribution in [1.29, 1.82) is 0 Å². The number of aliphatic carboxylic acids is 4. The van der Waals surface area contributed by atoms with Gasteiger partial charge in [0.1, 0.15) is 31.0 Å². The van der Waals surface area contributed by atoms with E-state index in [0.29, 0.717) is 11.7 Å². The van der Waals surface area contributed by atoms with Crippen molar-refractivity contribution < 1.29 is 62.7 Å². The zero-order valence-electron chi connectivity index (χ0n) is 20.8. The van der Waals surface area contributed by atoms with Crippen molar-refractivity contribution >= 4 is 46.8 Å². The van der Waals surface area contributed by atoms with Gasteiger partial charge in [0.15, 0.2) is 17.8 Å². The highest BCUT2D eigenvalue weighted by Crippen LogP contribution is 2.37. The lowest BCUT2D eigenvalue weighted by molar-refractivity contribution is -0.142. The minimum atomic E-state index is -1.29. The number of carbonyl (C=O) groups excluding carboxylic acids is 1. The predicted molar refractivity (Wildman–Crippen MR) is 133 cm³/mol. The molecule has 16 heteroatoms. The third-order valence-corrected chi connectivity index (χ3v) is 5.20. The molecule has 0 saturated heterocycles. The lowest BCUT2D eigenvalue weighted by atomic mass is 10.2. The van der Waals surface area contributed by atoms with Crippen molar-refractivity contribution in [2.24, 2.45) is 0 Å². The Morgan fingerprint density at radius 1 is 0.850 bits per heavy atom. The SMILES string of the molecule is O=Cc1cnc(-c2cc3cc(OCCOCCN(CC(=O)O)CC(=O)O)c(N(CC(=O)O)CC(=O)O)cc3o2)o1. The van der Waals surface area contributed by atoms with Crippen molar-refractivity contribution in [1.82, 2.24) is 9.88 Å². The molecule has 3 aromatic rings. The second-order valence-electron chi connectivity index (χ2n) is 8.26. The maximum absolute atomic E-state index is 11.4. The van der Waals surface area contributed by atoms with Crippen molar-refractivity contribution in [3.8, 4) is 17.4 Å². The van der Waals surface area contributed by atoms with Gasteiger partial charge in [0.05, 0.1) is 38.2 Å². The predicted octanol–water partition coefficient (Wildman–Crippen LogP) is 0.743. The molecule has 0 aliphatic carbocycles. The first-order chi connectivity index (χ1) is 19.0. The van der Waals surface area contributed by atoms with Crippen LogP contribution in [0.15, 0.2) is 33.2 Å². The smallest absolute Gasteiger partial charge is 0.323 e. The number of rotatable bonds is 18. The summed E-state index contributed by atoms with van der Waals surface area (Å²) in [5.41, 5.74) is 0.338. The lowest BCUT2D eigenvalue weighted by Gasteiger charge is -2.23. The molecule has 0 radical (unpaired) electrons. The number of hydrogen-bond acceptors (Lipinski definition) is 12. The van der Waals surface area contributed by atoms with Crippen LogP contribution in [0, 0.1) is 0 Å². The fraction of sp³-hybridized carbons (Fsp3) is 0.333. The normalized spacial score (nSPS) is 11.0. The molecule has 214 valence electrons. The van der Waals surface area contributed by atoms with E-state index >= 15 is 0 Å². The summed E-state index contributed by atoms with van der Waals surface area (Å²) >= 11 is 0. The van der Waals surface area contributed by atoms with Gasteiger partial charge in [-0.2, -0.15) is 0 Å². The highest BCUT2D eigenvalue weighted by atomic mass is 16.5. The summed E-state index contributed by atoms with van der Waals surface area (Å²) in [6, 6.07) is 4.45. The Labute approximate surface area is 224 Å². The molecule has 0 spiro atoms. The lowest BCUT2D eigenvalue weighted by Crippen LogP contribution is -2.37. The highest BCUT2D eigenvalue weighted by molar-refractivity contribution is 5.90. The van der Waals surface area contributed by atoms with Crippen LogP contribution in [0.4, 0.5) is 5.69 Å². The molecule has 0 amide bonds. The molecule has 0 aliphatic heterocycles. The van der Waals surface area contributed by atoms with Crippen LogP contribution in [0.5, 0.6) is 5.75 Å². The van der Waals surface area contributed by atoms with Crippen molar-refractivity contribution in [3.63, 3.8) is 0 Å². The van der Waals surface area contributed by atoms with Crippen molar-refractivity contribution in [2.75, 3.05) is 57.4 Å². The van der Waals surface area contributed by atoms with Crippen LogP contribution in [0.1, 0.15) is 10.6 Å². The highest BCUT2D eigenvalue weighted by Gasteiger charge is 2.22. The topological polar surface area (TPSA) is 230 Å². The van der Waals surface area contributed by atoms with Gasteiger partial charge in [-0.25, -0.2) is 4.98 Å². The summed E-state index contributed by atoms with van der Waals surface area (Å²) in [6.45, 7) is -2.32. The second-order valence-corrected chi connectivity index (χ2v) is 8.26. The van der Waals surface area contributed by atoms with E-state index in [1.807, 2.05) is 0 Å². The number of carboxylic acid groups (broad SMARTS) is 4. The molecule has 16 nitrogen and oxygen atoms in total. The zero-order chi connectivity index (χ0) is 29.2. The van der Waals surface area contributed by atoms with Crippen LogP contribution < -0.4 is 9.64 Å². The Bertz CT molecular complexity index is 1350. The van der Waals surface area contributed by atoms with Gasteiger partial charge in [0.25, 0.3) is 5.89 Å². The Kier molecular flexibility index (Phi) is 10.2. The van der Waals surface area contributed by atoms with E-state index in [4.69, 9.17) is 28.5 Å². The summed E-state index contributed by atoms with van der Waals surface area (Å²) in [5.74, 6) is -4.68.